The van der Waals surface area contributed by atoms with Crippen LogP contribution in [0.25, 0.3) is 0 Å². The molecule has 4 rings (SSSR count). The Labute approximate surface area is 125 Å². The highest BCUT2D eigenvalue weighted by molar-refractivity contribution is 5.60. The molecule has 2 heterocycles. The summed E-state index contributed by atoms with van der Waals surface area (Å²) >= 11 is 0. The van der Waals surface area contributed by atoms with Gasteiger partial charge in [0.25, 0.3) is 0 Å². The number of fused-ring (bicyclic) bond motifs is 5. The molecule has 21 heavy (non-hydrogen) atoms. The van der Waals surface area contributed by atoms with Gasteiger partial charge in [0.05, 0.1) is 12.6 Å². The van der Waals surface area contributed by atoms with Crippen LogP contribution in [0.3, 0.4) is 0 Å². The molecule has 3 nitrogen and oxygen atoms in total. The quantitative estimate of drug-likeness (QED) is 0.693. The Kier molecular flexibility index (Phi) is 2.82. The van der Waals surface area contributed by atoms with Gasteiger partial charge < -0.3 is 9.80 Å². The number of hydrogen-bond acceptors (Lipinski definition) is 3. The molecular weight excluding hydrogens is 258 g/mol. The summed E-state index contributed by atoms with van der Waals surface area (Å²) in [5.74, 6) is 0. The van der Waals surface area contributed by atoms with E-state index in [1.54, 1.807) is 0 Å². The number of hydrogen-bond donors (Lipinski definition) is 0. The molecule has 2 aromatic rings. The van der Waals surface area contributed by atoms with Crippen LogP contribution in [0.2, 0.25) is 0 Å². The Balaban J connectivity index is 1.88. The van der Waals surface area contributed by atoms with Crippen LogP contribution in [0.5, 0.6) is 0 Å². The molecule has 0 amide bonds. The smallest absolute Gasteiger partial charge is 0.179 e. The zero-order chi connectivity index (χ0) is 14.2. The second kappa shape index (κ2) is 4.82. The van der Waals surface area contributed by atoms with Gasteiger partial charge in [-0.25, -0.2) is 0 Å². The van der Waals surface area contributed by atoms with Crippen LogP contribution in [0.4, 0.5) is 5.69 Å². The summed E-state index contributed by atoms with van der Waals surface area (Å²) in [5, 5.41) is 9.25. The Morgan fingerprint density at radius 2 is 1.71 bits per heavy atom. The third-order valence-corrected chi connectivity index (χ3v) is 4.62. The highest BCUT2D eigenvalue weighted by Crippen LogP contribution is 2.38. The molecule has 0 bridgehead atoms. The van der Waals surface area contributed by atoms with Gasteiger partial charge in [0.1, 0.15) is 0 Å². The van der Waals surface area contributed by atoms with E-state index in [2.05, 4.69) is 59.6 Å². The predicted octanol–water partition coefficient (Wildman–Crippen LogP) is 2.94. The number of para-hydroxylation sites is 1. The van der Waals surface area contributed by atoms with Crippen molar-refractivity contribution < 1.29 is 0 Å². The van der Waals surface area contributed by atoms with Gasteiger partial charge in [-0.2, -0.15) is 5.26 Å². The maximum absolute atomic E-state index is 9.25. The predicted molar refractivity (Wildman–Crippen MR) is 83.0 cm³/mol. The van der Waals surface area contributed by atoms with Gasteiger partial charge in [-0.05, 0) is 29.2 Å². The van der Waals surface area contributed by atoms with E-state index in [1.807, 2.05) is 4.90 Å². The topological polar surface area (TPSA) is 30.3 Å². The first-order valence-electron chi connectivity index (χ1n) is 7.44. The first-order chi connectivity index (χ1) is 10.4. The first-order valence-corrected chi connectivity index (χ1v) is 7.44. The van der Waals surface area contributed by atoms with Crippen LogP contribution < -0.4 is 4.90 Å². The van der Waals surface area contributed by atoms with Gasteiger partial charge in [-0.1, -0.05) is 42.5 Å². The van der Waals surface area contributed by atoms with Crippen molar-refractivity contribution in [3.05, 3.63) is 65.2 Å². The minimum Gasteiger partial charge on any atom is -0.361 e. The molecule has 2 aromatic carbocycles. The fraction of sp³-hybridized carbons (Fsp3) is 0.278. The molecule has 0 saturated carbocycles. The van der Waals surface area contributed by atoms with Crippen molar-refractivity contribution in [2.24, 2.45) is 0 Å². The monoisotopic (exact) mass is 275 g/mol. The number of benzene rings is 2. The van der Waals surface area contributed by atoms with E-state index < -0.39 is 0 Å². The maximum atomic E-state index is 9.25. The minimum absolute atomic E-state index is 0.276. The van der Waals surface area contributed by atoms with Gasteiger partial charge in [0, 0.05) is 18.8 Å². The molecule has 0 radical (unpaired) electrons. The van der Waals surface area contributed by atoms with E-state index in [0.29, 0.717) is 0 Å². The van der Waals surface area contributed by atoms with Crippen LogP contribution >= 0.6 is 0 Å². The normalized spacial score (nSPS) is 19.9. The third-order valence-electron chi connectivity index (χ3n) is 4.62. The standard InChI is InChI=1S/C18H17N3/c19-13-20-9-10-21-17-8-4-2-6-15(17)11-14-5-1-3-7-16(14)18(21)12-20/h1-8,18H,9-12H2/t18-/m1/s1. The van der Waals surface area contributed by atoms with Crippen LogP contribution in [-0.2, 0) is 6.42 Å². The third kappa shape index (κ3) is 1.95. The molecule has 0 spiro atoms. The highest BCUT2D eigenvalue weighted by atomic mass is 15.3. The van der Waals surface area contributed by atoms with Gasteiger partial charge in [0.15, 0.2) is 6.19 Å². The molecule has 1 atom stereocenters. The second-order valence-corrected chi connectivity index (χ2v) is 5.76. The Bertz CT molecular complexity index is 716. The van der Waals surface area contributed by atoms with Crippen molar-refractivity contribution >= 4 is 5.69 Å². The van der Waals surface area contributed by atoms with E-state index in [9.17, 15) is 5.26 Å². The zero-order valence-corrected chi connectivity index (χ0v) is 11.9. The van der Waals surface area contributed by atoms with E-state index >= 15 is 0 Å². The lowest BCUT2D eigenvalue weighted by atomic mass is 9.96. The number of rotatable bonds is 0. The Morgan fingerprint density at radius 1 is 0.952 bits per heavy atom. The van der Waals surface area contributed by atoms with Gasteiger partial charge >= 0.3 is 0 Å². The molecule has 104 valence electrons. The minimum atomic E-state index is 0.276. The van der Waals surface area contributed by atoms with Crippen molar-refractivity contribution in [2.75, 3.05) is 24.5 Å². The van der Waals surface area contributed by atoms with Crippen LogP contribution in [0.15, 0.2) is 48.5 Å². The molecule has 3 heteroatoms. The summed E-state index contributed by atoms with van der Waals surface area (Å²) in [7, 11) is 0. The van der Waals surface area contributed by atoms with Crippen LogP contribution in [0.1, 0.15) is 22.7 Å². The van der Waals surface area contributed by atoms with Crippen molar-refractivity contribution in [1.29, 1.82) is 5.26 Å². The summed E-state index contributed by atoms with van der Waals surface area (Å²) in [5.41, 5.74) is 5.47. The van der Waals surface area contributed by atoms with Gasteiger partial charge in [0.2, 0.25) is 0 Å². The van der Waals surface area contributed by atoms with E-state index in [4.69, 9.17) is 0 Å². The lowest BCUT2D eigenvalue weighted by Gasteiger charge is -2.41. The first kappa shape index (κ1) is 12.3. The van der Waals surface area contributed by atoms with Crippen molar-refractivity contribution in [1.82, 2.24) is 4.90 Å². The van der Waals surface area contributed by atoms with Gasteiger partial charge in [-0.3, -0.25) is 0 Å². The molecule has 0 unspecified atom stereocenters. The van der Waals surface area contributed by atoms with Crippen molar-refractivity contribution in [3.8, 4) is 6.19 Å². The van der Waals surface area contributed by atoms with E-state index in [0.717, 1.165) is 26.1 Å². The van der Waals surface area contributed by atoms with Crippen LogP contribution in [0, 0.1) is 11.5 Å². The average Bonchev–Trinajstić information content (AvgIpc) is 2.69. The zero-order valence-electron chi connectivity index (χ0n) is 11.9. The molecule has 0 aromatic heterocycles. The lowest BCUT2D eigenvalue weighted by Crippen LogP contribution is -2.46. The van der Waals surface area contributed by atoms with Crippen molar-refractivity contribution in [2.45, 2.75) is 12.5 Å². The number of piperazine rings is 1. The van der Waals surface area contributed by atoms with Crippen molar-refractivity contribution in [3.63, 3.8) is 0 Å². The highest BCUT2D eigenvalue weighted by Gasteiger charge is 2.32. The number of nitriles is 1. The molecule has 2 aliphatic rings. The number of anilines is 1. The summed E-state index contributed by atoms with van der Waals surface area (Å²) < 4.78 is 0. The van der Waals surface area contributed by atoms with E-state index in [-0.39, 0.29) is 6.04 Å². The molecule has 0 N–H and O–H groups in total. The molecule has 1 fully saturated rings. The Morgan fingerprint density at radius 3 is 2.57 bits per heavy atom. The van der Waals surface area contributed by atoms with Crippen LogP contribution in [-0.4, -0.2) is 24.5 Å². The Hall–Kier alpha value is -2.47. The maximum Gasteiger partial charge on any atom is 0.179 e. The summed E-state index contributed by atoms with van der Waals surface area (Å²) in [6.07, 6.45) is 3.30. The lowest BCUT2D eigenvalue weighted by molar-refractivity contribution is 0.312. The fourth-order valence-electron chi connectivity index (χ4n) is 3.59. The molecular formula is C18H17N3. The second-order valence-electron chi connectivity index (χ2n) is 5.76. The molecule has 2 aliphatic heterocycles. The summed E-state index contributed by atoms with van der Waals surface area (Å²) in [4.78, 5) is 4.36. The molecule has 0 aliphatic carbocycles. The summed E-state index contributed by atoms with van der Waals surface area (Å²) in [6, 6.07) is 17.6. The molecule has 1 saturated heterocycles. The average molecular weight is 275 g/mol. The largest absolute Gasteiger partial charge is 0.361 e. The van der Waals surface area contributed by atoms with E-state index in [1.165, 1.54) is 22.4 Å². The van der Waals surface area contributed by atoms with Gasteiger partial charge in [-0.15, -0.1) is 0 Å². The number of nitrogens with zero attached hydrogens (tertiary/aromatic N) is 3. The SMILES string of the molecule is N#CN1CCN2c3ccccc3Cc3ccccc3[C@H]2C1. The fourth-order valence-corrected chi connectivity index (χ4v) is 3.59. The summed E-state index contributed by atoms with van der Waals surface area (Å²) in [6.45, 7) is 2.49.